The van der Waals surface area contributed by atoms with Gasteiger partial charge in [-0.25, -0.2) is 0 Å². The van der Waals surface area contributed by atoms with Crippen LogP contribution in [0.3, 0.4) is 0 Å². The summed E-state index contributed by atoms with van der Waals surface area (Å²) in [6.07, 6.45) is 1.65. The van der Waals surface area contributed by atoms with Gasteiger partial charge in [-0.15, -0.1) is 0 Å². The van der Waals surface area contributed by atoms with Gasteiger partial charge >= 0.3 is 0 Å². The van der Waals surface area contributed by atoms with Crippen molar-refractivity contribution < 1.29 is 9.13 Å². The van der Waals surface area contributed by atoms with Crippen molar-refractivity contribution in [2.75, 3.05) is 23.7 Å². The molecule has 0 bridgehead atoms. The summed E-state index contributed by atoms with van der Waals surface area (Å²) >= 11 is 0. The summed E-state index contributed by atoms with van der Waals surface area (Å²) in [6, 6.07) is 6.80. The zero-order valence-corrected chi connectivity index (χ0v) is 12.7. The van der Waals surface area contributed by atoms with Crippen LogP contribution in [0.4, 0.5) is 11.4 Å². The quantitative estimate of drug-likeness (QED) is 0.633. The number of para-hydroxylation sites is 2. The number of nitro groups is 1. The van der Waals surface area contributed by atoms with Crippen LogP contribution in [0.15, 0.2) is 24.3 Å². The summed E-state index contributed by atoms with van der Waals surface area (Å²) < 4.78 is 12.1. The van der Waals surface area contributed by atoms with Crippen molar-refractivity contribution in [3.05, 3.63) is 34.4 Å². The van der Waals surface area contributed by atoms with Crippen LogP contribution in [0.5, 0.6) is 0 Å². The van der Waals surface area contributed by atoms with Crippen molar-refractivity contribution in [1.82, 2.24) is 0 Å². The minimum absolute atomic E-state index is 0.126. The van der Waals surface area contributed by atoms with Gasteiger partial charge in [0.05, 0.1) is 9.67 Å². The first-order chi connectivity index (χ1) is 9.54. The number of hydrogen-bond acceptors (Lipinski definition) is 4. The topological polar surface area (TPSA) is 63.4 Å². The Morgan fingerprint density at radius 2 is 2.00 bits per heavy atom. The molecule has 1 aromatic carbocycles. The van der Waals surface area contributed by atoms with E-state index in [1.54, 1.807) is 12.1 Å². The zero-order chi connectivity index (χ0) is 14.8. The molecule has 1 atom stereocenters. The van der Waals surface area contributed by atoms with Crippen LogP contribution in [-0.2, 0) is 10.8 Å². The lowest BCUT2D eigenvalue weighted by Gasteiger charge is -2.41. The minimum atomic E-state index is -0.860. The Morgan fingerprint density at radius 3 is 2.60 bits per heavy atom. The molecule has 1 aromatic rings. The van der Waals surface area contributed by atoms with Gasteiger partial charge in [0.25, 0.3) is 5.69 Å². The largest absolute Gasteiger partial charge is 0.364 e. The van der Waals surface area contributed by atoms with Crippen molar-refractivity contribution in [2.24, 2.45) is 0 Å². The molecule has 5 nitrogen and oxygen atoms in total. The molecule has 1 saturated heterocycles. The van der Waals surface area contributed by atoms with Gasteiger partial charge in [0.1, 0.15) is 5.69 Å². The highest BCUT2D eigenvalue weighted by Crippen LogP contribution is 2.35. The summed E-state index contributed by atoms with van der Waals surface area (Å²) in [4.78, 5) is 12.8. The van der Waals surface area contributed by atoms with E-state index in [2.05, 4.69) is 0 Å². The smallest absolute Gasteiger partial charge is 0.292 e. The molecule has 1 aliphatic rings. The highest BCUT2D eigenvalue weighted by Gasteiger charge is 2.40. The summed E-state index contributed by atoms with van der Waals surface area (Å²) in [5, 5.41) is 11.1. The van der Waals surface area contributed by atoms with E-state index in [1.165, 1.54) is 6.07 Å². The van der Waals surface area contributed by atoms with E-state index in [0.29, 0.717) is 24.5 Å². The Kier molecular flexibility index (Phi) is 4.42. The van der Waals surface area contributed by atoms with Gasteiger partial charge in [0, 0.05) is 35.7 Å². The Labute approximate surface area is 121 Å². The van der Waals surface area contributed by atoms with Crippen LogP contribution in [-0.4, -0.2) is 32.7 Å². The number of anilines is 1. The highest BCUT2D eigenvalue weighted by atomic mass is 32.2. The molecule has 2 rings (SSSR count). The van der Waals surface area contributed by atoms with Gasteiger partial charge in [-0.2, -0.15) is 0 Å². The molecule has 0 N–H and O–H groups in total. The third-order valence-corrected chi connectivity index (χ3v) is 6.44. The molecule has 0 saturated carbocycles. The second kappa shape index (κ2) is 5.91. The van der Waals surface area contributed by atoms with E-state index in [9.17, 15) is 14.3 Å². The maximum absolute atomic E-state index is 12.3. The van der Waals surface area contributed by atoms with Crippen LogP contribution < -0.4 is 4.90 Å². The lowest BCUT2D eigenvalue weighted by Crippen LogP contribution is -2.53. The highest BCUT2D eigenvalue weighted by molar-refractivity contribution is 7.86. The van der Waals surface area contributed by atoms with Crippen molar-refractivity contribution in [3.63, 3.8) is 0 Å². The third kappa shape index (κ3) is 2.57. The maximum Gasteiger partial charge on any atom is 0.292 e. The molecule has 0 spiro atoms. The fourth-order valence-corrected chi connectivity index (χ4v) is 4.56. The van der Waals surface area contributed by atoms with Crippen molar-refractivity contribution in [1.29, 1.82) is 0 Å². The van der Waals surface area contributed by atoms with Crippen molar-refractivity contribution in [3.8, 4) is 0 Å². The van der Waals surface area contributed by atoms with Crippen LogP contribution >= 0.6 is 0 Å². The SMILES string of the molecule is CCC1(CC)CN(c2ccccc2[N+](=O)[O-])CCS1=O. The van der Waals surface area contributed by atoms with Gasteiger partial charge in [-0.05, 0) is 18.9 Å². The van der Waals surface area contributed by atoms with Gasteiger partial charge in [0.2, 0.25) is 0 Å². The normalized spacial score (nSPS) is 21.7. The number of benzene rings is 1. The molecule has 0 aliphatic carbocycles. The van der Waals surface area contributed by atoms with Gasteiger partial charge in [-0.1, -0.05) is 26.0 Å². The van der Waals surface area contributed by atoms with E-state index >= 15 is 0 Å². The standard InChI is InChI=1S/C14H20N2O3S/c1-3-14(4-2)11-15(9-10-20(14)19)12-7-5-6-8-13(12)16(17)18/h5-8H,3-4,9-11H2,1-2H3. The van der Waals surface area contributed by atoms with E-state index in [0.717, 1.165) is 12.8 Å². The minimum Gasteiger partial charge on any atom is -0.364 e. The third-order valence-electron chi connectivity index (χ3n) is 4.22. The summed E-state index contributed by atoms with van der Waals surface area (Å²) in [6.45, 7) is 5.32. The molecule has 110 valence electrons. The number of nitrogens with zero attached hydrogens (tertiary/aromatic N) is 2. The maximum atomic E-state index is 12.3. The monoisotopic (exact) mass is 296 g/mol. The van der Waals surface area contributed by atoms with Crippen LogP contribution in [0.25, 0.3) is 0 Å². The number of nitro benzene ring substituents is 1. The molecule has 0 aromatic heterocycles. The van der Waals surface area contributed by atoms with E-state index in [1.807, 2.05) is 24.8 Å². The fourth-order valence-electron chi connectivity index (χ4n) is 2.80. The fraction of sp³-hybridized carbons (Fsp3) is 0.571. The average Bonchev–Trinajstić information content (AvgIpc) is 2.48. The van der Waals surface area contributed by atoms with Crippen LogP contribution in [0, 0.1) is 10.1 Å². The zero-order valence-electron chi connectivity index (χ0n) is 11.9. The van der Waals surface area contributed by atoms with Crippen molar-refractivity contribution in [2.45, 2.75) is 31.4 Å². The molecule has 1 unspecified atom stereocenters. The average molecular weight is 296 g/mol. The first kappa shape index (κ1) is 15.0. The molecule has 0 amide bonds. The first-order valence-corrected chi connectivity index (χ1v) is 8.23. The molecular weight excluding hydrogens is 276 g/mol. The molecule has 0 radical (unpaired) electrons. The summed E-state index contributed by atoms with van der Waals surface area (Å²) in [7, 11) is -0.860. The van der Waals surface area contributed by atoms with E-state index in [-0.39, 0.29) is 15.4 Å². The first-order valence-electron chi connectivity index (χ1n) is 6.91. The van der Waals surface area contributed by atoms with Crippen molar-refractivity contribution >= 4 is 22.2 Å². The Balaban J connectivity index is 2.35. The van der Waals surface area contributed by atoms with E-state index < -0.39 is 10.8 Å². The number of hydrogen-bond donors (Lipinski definition) is 0. The second-order valence-electron chi connectivity index (χ2n) is 5.11. The number of rotatable bonds is 4. The Hall–Kier alpha value is -1.43. The van der Waals surface area contributed by atoms with Crippen LogP contribution in [0.1, 0.15) is 26.7 Å². The molecule has 1 aliphatic heterocycles. The van der Waals surface area contributed by atoms with Gasteiger partial charge < -0.3 is 4.90 Å². The molecular formula is C14H20N2O3S. The summed E-state index contributed by atoms with van der Waals surface area (Å²) in [5.41, 5.74) is 0.766. The Bertz CT molecular complexity index is 529. The molecule has 1 heterocycles. The van der Waals surface area contributed by atoms with E-state index in [4.69, 9.17) is 0 Å². The predicted octanol–water partition coefficient (Wildman–Crippen LogP) is 2.72. The van der Waals surface area contributed by atoms with Gasteiger partial charge in [-0.3, -0.25) is 14.3 Å². The van der Waals surface area contributed by atoms with Crippen LogP contribution in [0.2, 0.25) is 0 Å². The summed E-state index contributed by atoms with van der Waals surface area (Å²) in [5.74, 6) is 0.577. The Morgan fingerprint density at radius 1 is 1.35 bits per heavy atom. The molecule has 6 heteroatoms. The van der Waals surface area contributed by atoms with Gasteiger partial charge in [0.15, 0.2) is 0 Å². The molecule has 20 heavy (non-hydrogen) atoms. The predicted molar refractivity (Wildman–Crippen MR) is 81.6 cm³/mol. The lowest BCUT2D eigenvalue weighted by atomic mass is 10.0. The molecule has 1 fully saturated rings. The lowest BCUT2D eigenvalue weighted by molar-refractivity contribution is -0.384. The second-order valence-corrected chi connectivity index (χ2v) is 7.07.